The van der Waals surface area contributed by atoms with Gasteiger partial charge in [0.25, 0.3) is 5.91 Å². The van der Waals surface area contributed by atoms with Crippen molar-refractivity contribution < 1.29 is 18.7 Å². The summed E-state index contributed by atoms with van der Waals surface area (Å²) in [6, 6.07) is 19.8. The molecular formula is C27H22FN5O4. The second-order valence-electron chi connectivity index (χ2n) is 8.14. The summed E-state index contributed by atoms with van der Waals surface area (Å²) in [6.45, 7) is 0.135. The van der Waals surface area contributed by atoms with Gasteiger partial charge in [0.15, 0.2) is 28.7 Å². The molecule has 0 fully saturated rings. The molecule has 0 bridgehead atoms. The summed E-state index contributed by atoms with van der Waals surface area (Å²) in [6.07, 6.45) is 0. The van der Waals surface area contributed by atoms with Gasteiger partial charge < -0.3 is 15.2 Å². The average molecular weight is 500 g/mol. The number of nitrogens with two attached hydrogens (primary N) is 1. The summed E-state index contributed by atoms with van der Waals surface area (Å²) in [5, 5.41) is 0. The lowest BCUT2D eigenvalue weighted by Gasteiger charge is -2.13. The molecule has 0 spiro atoms. The average Bonchev–Trinajstić information content (AvgIpc) is 3.19. The number of imidazole rings is 1. The summed E-state index contributed by atoms with van der Waals surface area (Å²) in [7, 11) is 2.97. The number of fused-ring (bicyclic) bond motifs is 1. The first-order valence-corrected chi connectivity index (χ1v) is 11.3. The molecule has 0 aliphatic rings. The second kappa shape index (κ2) is 9.57. The van der Waals surface area contributed by atoms with Crippen LogP contribution >= 0.6 is 0 Å². The summed E-state index contributed by atoms with van der Waals surface area (Å²) < 4.78 is 27.3. The molecule has 37 heavy (non-hydrogen) atoms. The van der Waals surface area contributed by atoms with Gasteiger partial charge >= 0.3 is 5.69 Å². The molecule has 0 saturated heterocycles. The Bertz CT molecular complexity index is 1680. The van der Waals surface area contributed by atoms with E-state index < -0.39 is 17.4 Å². The maximum absolute atomic E-state index is 13.8. The molecule has 0 unspecified atom stereocenters. The Labute approximate surface area is 210 Å². The van der Waals surface area contributed by atoms with Gasteiger partial charge in [-0.05, 0) is 42.0 Å². The van der Waals surface area contributed by atoms with Gasteiger partial charge in [0.1, 0.15) is 11.3 Å². The highest BCUT2D eigenvalue weighted by Crippen LogP contribution is 2.37. The largest absolute Gasteiger partial charge is 0.493 e. The Kier molecular flexibility index (Phi) is 6.14. The van der Waals surface area contributed by atoms with E-state index in [4.69, 9.17) is 15.2 Å². The number of amides is 1. The molecule has 1 amide bonds. The smallest absolute Gasteiger partial charge is 0.335 e. The third kappa shape index (κ3) is 4.18. The number of carbonyl (C=O) groups is 1. The van der Waals surface area contributed by atoms with E-state index >= 15 is 0 Å². The van der Waals surface area contributed by atoms with Crippen LogP contribution in [0.2, 0.25) is 0 Å². The van der Waals surface area contributed by atoms with Gasteiger partial charge in [0.2, 0.25) is 0 Å². The number of rotatable bonds is 7. The standard InChI is InChI=1S/C27H22FN5O4/c1-36-20-10-6-9-19(23(20)37-2)25-30-21(24(29)34)22-26(31-25)33(18-13-11-17(28)12-14-18)27(35)32(22)15-16-7-4-3-5-8-16/h3-14H,15H2,1-2H3,(H2,29,34). The fourth-order valence-corrected chi connectivity index (χ4v) is 4.25. The normalized spacial score (nSPS) is 11.0. The molecule has 0 aliphatic heterocycles. The molecule has 2 heterocycles. The van der Waals surface area contributed by atoms with E-state index in [0.29, 0.717) is 22.7 Å². The molecule has 2 aromatic heterocycles. The van der Waals surface area contributed by atoms with Crippen LogP contribution in [0, 0.1) is 5.82 Å². The summed E-state index contributed by atoms with van der Waals surface area (Å²) in [5.74, 6) is -0.418. The number of para-hydroxylation sites is 1. The van der Waals surface area contributed by atoms with Gasteiger partial charge in [-0.3, -0.25) is 9.36 Å². The van der Waals surface area contributed by atoms with Crippen LogP contribution in [0.3, 0.4) is 0 Å². The van der Waals surface area contributed by atoms with E-state index in [1.54, 1.807) is 18.2 Å². The Morgan fingerprint density at radius 3 is 2.32 bits per heavy atom. The molecule has 9 nitrogen and oxygen atoms in total. The SMILES string of the molecule is COc1cccc(-c2nc(C(N)=O)c3c(n2)n(-c2ccc(F)cc2)c(=O)n3Cc2ccccc2)c1OC. The van der Waals surface area contributed by atoms with E-state index in [9.17, 15) is 14.0 Å². The number of nitrogens with zero attached hydrogens (tertiary/aromatic N) is 4. The Morgan fingerprint density at radius 2 is 1.68 bits per heavy atom. The van der Waals surface area contributed by atoms with E-state index in [1.165, 1.54) is 47.6 Å². The molecule has 186 valence electrons. The van der Waals surface area contributed by atoms with Crippen molar-refractivity contribution in [2.24, 2.45) is 5.73 Å². The molecule has 10 heteroatoms. The number of methoxy groups -OCH3 is 2. The predicted octanol–water partition coefficient (Wildman–Crippen LogP) is 3.55. The zero-order valence-electron chi connectivity index (χ0n) is 20.0. The van der Waals surface area contributed by atoms with Crippen molar-refractivity contribution in [3.63, 3.8) is 0 Å². The van der Waals surface area contributed by atoms with Crippen LogP contribution in [0.5, 0.6) is 11.5 Å². The lowest BCUT2D eigenvalue weighted by atomic mass is 10.1. The summed E-state index contributed by atoms with van der Waals surface area (Å²) in [5.41, 5.74) is 7.05. The first-order valence-electron chi connectivity index (χ1n) is 11.3. The van der Waals surface area contributed by atoms with Gasteiger partial charge in [-0.2, -0.15) is 0 Å². The minimum atomic E-state index is -0.839. The molecule has 5 rings (SSSR count). The van der Waals surface area contributed by atoms with E-state index in [0.717, 1.165) is 5.56 Å². The molecule has 0 aliphatic carbocycles. The maximum atomic E-state index is 13.8. The van der Waals surface area contributed by atoms with Crippen molar-refractivity contribution in [3.8, 4) is 28.6 Å². The minimum Gasteiger partial charge on any atom is -0.493 e. The topological polar surface area (TPSA) is 114 Å². The first kappa shape index (κ1) is 23.7. The Hall–Kier alpha value is -4.99. The van der Waals surface area contributed by atoms with Crippen molar-refractivity contribution in [2.75, 3.05) is 14.2 Å². The molecule has 3 aromatic carbocycles. The zero-order valence-corrected chi connectivity index (χ0v) is 20.0. The van der Waals surface area contributed by atoms with Gasteiger partial charge in [-0.1, -0.05) is 36.4 Å². The van der Waals surface area contributed by atoms with Crippen LogP contribution in [0.4, 0.5) is 4.39 Å². The monoisotopic (exact) mass is 499 g/mol. The number of benzene rings is 3. The second-order valence-corrected chi connectivity index (χ2v) is 8.14. The lowest BCUT2D eigenvalue weighted by molar-refractivity contribution is 0.0997. The third-order valence-electron chi connectivity index (χ3n) is 5.92. The first-order chi connectivity index (χ1) is 17.9. The summed E-state index contributed by atoms with van der Waals surface area (Å²) >= 11 is 0. The molecule has 0 saturated carbocycles. The van der Waals surface area contributed by atoms with Gasteiger partial charge in [0, 0.05) is 0 Å². The number of ether oxygens (including phenoxy) is 2. The fourth-order valence-electron chi connectivity index (χ4n) is 4.25. The number of aromatic nitrogens is 4. The molecule has 5 aromatic rings. The van der Waals surface area contributed by atoms with Crippen LogP contribution < -0.4 is 20.9 Å². The summed E-state index contributed by atoms with van der Waals surface area (Å²) in [4.78, 5) is 35.6. The van der Waals surface area contributed by atoms with E-state index in [2.05, 4.69) is 9.97 Å². The van der Waals surface area contributed by atoms with Crippen LogP contribution in [-0.4, -0.2) is 39.2 Å². The highest BCUT2D eigenvalue weighted by atomic mass is 19.1. The van der Waals surface area contributed by atoms with Gasteiger partial charge in [-0.25, -0.2) is 23.7 Å². The van der Waals surface area contributed by atoms with Crippen molar-refractivity contribution >= 4 is 17.1 Å². The third-order valence-corrected chi connectivity index (χ3v) is 5.92. The number of hydrogen-bond donors (Lipinski definition) is 1. The molecule has 0 atom stereocenters. The van der Waals surface area contributed by atoms with E-state index in [1.807, 2.05) is 30.3 Å². The quantitative estimate of drug-likeness (QED) is 0.366. The minimum absolute atomic E-state index is 0.102. The van der Waals surface area contributed by atoms with Crippen molar-refractivity contribution in [1.82, 2.24) is 19.1 Å². The maximum Gasteiger partial charge on any atom is 0.335 e. The van der Waals surface area contributed by atoms with Crippen LogP contribution in [0.25, 0.3) is 28.2 Å². The van der Waals surface area contributed by atoms with Crippen LogP contribution in [0.15, 0.2) is 77.6 Å². The van der Waals surface area contributed by atoms with Gasteiger partial charge in [0.05, 0.1) is 32.0 Å². The van der Waals surface area contributed by atoms with Crippen LogP contribution in [-0.2, 0) is 6.54 Å². The predicted molar refractivity (Wildman–Crippen MR) is 136 cm³/mol. The molecule has 0 radical (unpaired) electrons. The lowest BCUT2D eigenvalue weighted by Crippen LogP contribution is -2.24. The number of hydrogen-bond acceptors (Lipinski definition) is 6. The number of carbonyl (C=O) groups excluding carboxylic acids is 1. The van der Waals surface area contributed by atoms with Crippen molar-refractivity contribution in [2.45, 2.75) is 6.54 Å². The number of primary amides is 1. The van der Waals surface area contributed by atoms with Crippen molar-refractivity contribution in [1.29, 1.82) is 0 Å². The van der Waals surface area contributed by atoms with Crippen LogP contribution in [0.1, 0.15) is 16.1 Å². The highest BCUT2D eigenvalue weighted by molar-refractivity contribution is 6.02. The van der Waals surface area contributed by atoms with Crippen molar-refractivity contribution in [3.05, 3.63) is 100 Å². The Balaban J connectivity index is 1.88. The fraction of sp³-hybridized carbons (Fsp3) is 0.111. The highest BCUT2D eigenvalue weighted by Gasteiger charge is 2.26. The molecule has 2 N–H and O–H groups in total. The Morgan fingerprint density at radius 1 is 0.946 bits per heavy atom. The zero-order chi connectivity index (χ0) is 26.1. The van der Waals surface area contributed by atoms with E-state index in [-0.39, 0.29) is 29.2 Å². The van der Waals surface area contributed by atoms with Gasteiger partial charge in [-0.15, -0.1) is 0 Å². The number of halogens is 1. The molecular weight excluding hydrogens is 477 g/mol.